The summed E-state index contributed by atoms with van der Waals surface area (Å²) in [5.41, 5.74) is 2.73. The second-order valence-corrected chi connectivity index (χ2v) is 7.99. The van der Waals surface area contributed by atoms with Crippen LogP contribution in [0.1, 0.15) is 36.7 Å². The van der Waals surface area contributed by atoms with Gasteiger partial charge in [0, 0.05) is 43.1 Å². The Morgan fingerprint density at radius 2 is 1.81 bits per heavy atom. The van der Waals surface area contributed by atoms with Crippen molar-refractivity contribution in [3.05, 3.63) is 72.3 Å². The van der Waals surface area contributed by atoms with Crippen molar-refractivity contribution in [3.63, 3.8) is 0 Å². The molecule has 7 nitrogen and oxygen atoms in total. The first-order valence-electron chi connectivity index (χ1n) is 10.8. The van der Waals surface area contributed by atoms with E-state index in [1.54, 1.807) is 31.3 Å². The lowest BCUT2D eigenvalue weighted by Gasteiger charge is -2.19. The summed E-state index contributed by atoms with van der Waals surface area (Å²) in [6, 6.07) is 14.9. The lowest BCUT2D eigenvalue weighted by molar-refractivity contribution is -0.116. The van der Waals surface area contributed by atoms with Gasteiger partial charge in [-0.1, -0.05) is 6.07 Å². The lowest BCUT2D eigenvalue weighted by atomic mass is 10.2. The number of aromatic nitrogens is 2. The van der Waals surface area contributed by atoms with Gasteiger partial charge in [-0.3, -0.25) is 9.59 Å². The molecule has 1 aliphatic rings. The summed E-state index contributed by atoms with van der Waals surface area (Å²) in [7, 11) is 0. The number of amides is 2. The van der Waals surface area contributed by atoms with E-state index in [0.29, 0.717) is 5.69 Å². The molecule has 166 valence electrons. The van der Waals surface area contributed by atoms with Gasteiger partial charge in [-0.2, -0.15) is 5.10 Å². The highest BCUT2D eigenvalue weighted by Crippen LogP contribution is 2.23. The molecule has 0 saturated carbocycles. The molecule has 8 heteroatoms. The van der Waals surface area contributed by atoms with Gasteiger partial charge in [0.05, 0.1) is 5.69 Å². The average Bonchev–Trinajstić information content (AvgIpc) is 3.47. The predicted octanol–water partition coefficient (Wildman–Crippen LogP) is 3.76. The van der Waals surface area contributed by atoms with Crippen molar-refractivity contribution in [1.82, 2.24) is 15.1 Å². The molecule has 4 rings (SSSR count). The maximum Gasteiger partial charge on any atom is 0.272 e. The van der Waals surface area contributed by atoms with Gasteiger partial charge in [0.25, 0.3) is 5.91 Å². The van der Waals surface area contributed by atoms with E-state index in [-0.39, 0.29) is 35.8 Å². The highest BCUT2D eigenvalue weighted by molar-refractivity contribution is 5.94. The second-order valence-electron chi connectivity index (χ2n) is 7.99. The quantitative estimate of drug-likeness (QED) is 0.592. The molecular weight excluding hydrogens is 409 g/mol. The summed E-state index contributed by atoms with van der Waals surface area (Å²) >= 11 is 0. The first-order valence-corrected chi connectivity index (χ1v) is 10.8. The van der Waals surface area contributed by atoms with Crippen LogP contribution in [0.15, 0.2) is 60.8 Å². The van der Waals surface area contributed by atoms with E-state index in [0.717, 1.165) is 24.5 Å². The van der Waals surface area contributed by atoms with E-state index >= 15 is 0 Å². The van der Waals surface area contributed by atoms with Crippen LogP contribution in [-0.2, 0) is 4.79 Å². The maximum absolute atomic E-state index is 13.1. The molecule has 0 aliphatic carbocycles. The zero-order valence-corrected chi connectivity index (χ0v) is 17.9. The van der Waals surface area contributed by atoms with Crippen molar-refractivity contribution < 1.29 is 14.0 Å². The van der Waals surface area contributed by atoms with Gasteiger partial charge < -0.3 is 15.5 Å². The highest BCUT2D eigenvalue weighted by Gasteiger charge is 2.17. The Hall–Kier alpha value is -3.68. The van der Waals surface area contributed by atoms with Gasteiger partial charge in [0.1, 0.15) is 5.82 Å². The summed E-state index contributed by atoms with van der Waals surface area (Å²) in [5.74, 6) is -0.885. The van der Waals surface area contributed by atoms with Crippen LogP contribution in [0.3, 0.4) is 0 Å². The summed E-state index contributed by atoms with van der Waals surface area (Å²) in [4.78, 5) is 27.3. The summed E-state index contributed by atoms with van der Waals surface area (Å²) in [6.07, 6.45) is 4.15. The second kappa shape index (κ2) is 9.64. The summed E-state index contributed by atoms with van der Waals surface area (Å²) in [5, 5.41) is 9.95. The molecule has 2 aromatic carbocycles. The third-order valence-corrected chi connectivity index (χ3v) is 5.38. The first kappa shape index (κ1) is 21.5. The molecule has 0 spiro atoms. The van der Waals surface area contributed by atoms with Crippen LogP contribution in [-0.4, -0.2) is 40.7 Å². The van der Waals surface area contributed by atoms with Gasteiger partial charge in [-0.15, -0.1) is 0 Å². The number of benzene rings is 2. The Morgan fingerprint density at radius 1 is 1.06 bits per heavy atom. The van der Waals surface area contributed by atoms with Crippen LogP contribution in [0.4, 0.5) is 15.8 Å². The van der Waals surface area contributed by atoms with Gasteiger partial charge in [-0.05, 0) is 68.3 Å². The third-order valence-electron chi connectivity index (χ3n) is 5.38. The van der Waals surface area contributed by atoms with Crippen LogP contribution in [0.25, 0.3) is 5.69 Å². The van der Waals surface area contributed by atoms with E-state index in [1.165, 1.54) is 29.7 Å². The van der Waals surface area contributed by atoms with Crippen molar-refractivity contribution in [2.75, 3.05) is 23.3 Å². The van der Waals surface area contributed by atoms with Crippen LogP contribution in [0.5, 0.6) is 0 Å². The van der Waals surface area contributed by atoms with E-state index in [9.17, 15) is 14.0 Å². The van der Waals surface area contributed by atoms with Gasteiger partial charge in [0.15, 0.2) is 5.69 Å². The smallest absolute Gasteiger partial charge is 0.272 e. The monoisotopic (exact) mass is 435 g/mol. The Kier molecular flexibility index (Phi) is 6.49. The topological polar surface area (TPSA) is 79.3 Å². The Labute approximate surface area is 186 Å². The minimum absolute atomic E-state index is 0.137. The molecule has 2 N–H and O–H groups in total. The third kappa shape index (κ3) is 5.32. The number of rotatable bonds is 7. The predicted molar refractivity (Wildman–Crippen MR) is 122 cm³/mol. The minimum atomic E-state index is -0.375. The fraction of sp³-hybridized carbons (Fsp3) is 0.292. The van der Waals surface area contributed by atoms with E-state index in [1.807, 2.05) is 18.2 Å². The standard InChI is InChI=1S/C24H26FN5O2/c1-17(15-23(31)27-19-5-4-6-21(16-19)29-12-2-3-13-29)26-24(32)22-11-14-30(28-22)20-9-7-18(25)8-10-20/h4-11,14,16-17H,2-3,12-13,15H2,1H3,(H,26,32)(H,27,31). The van der Waals surface area contributed by atoms with Crippen LogP contribution in [0.2, 0.25) is 0 Å². The zero-order valence-electron chi connectivity index (χ0n) is 17.9. The number of hydrogen-bond donors (Lipinski definition) is 2. The number of hydrogen-bond acceptors (Lipinski definition) is 4. The average molecular weight is 436 g/mol. The molecule has 0 radical (unpaired) electrons. The molecule has 1 fully saturated rings. The van der Waals surface area contributed by atoms with Crippen molar-refractivity contribution in [1.29, 1.82) is 0 Å². The van der Waals surface area contributed by atoms with Crippen molar-refractivity contribution >= 4 is 23.2 Å². The lowest BCUT2D eigenvalue weighted by Crippen LogP contribution is -2.35. The molecule has 32 heavy (non-hydrogen) atoms. The molecule has 1 aromatic heterocycles. The molecule has 1 saturated heterocycles. The van der Waals surface area contributed by atoms with Crippen LogP contribution < -0.4 is 15.5 Å². The Morgan fingerprint density at radius 3 is 2.56 bits per heavy atom. The molecule has 2 heterocycles. The number of halogens is 1. The van der Waals surface area contributed by atoms with E-state index in [2.05, 4.69) is 26.7 Å². The molecule has 1 aliphatic heterocycles. The first-order chi connectivity index (χ1) is 15.5. The van der Waals surface area contributed by atoms with E-state index in [4.69, 9.17) is 0 Å². The molecule has 0 bridgehead atoms. The van der Waals surface area contributed by atoms with Crippen LogP contribution >= 0.6 is 0 Å². The maximum atomic E-state index is 13.1. The van der Waals surface area contributed by atoms with Crippen molar-refractivity contribution in [2.24, 2.45) is 0 Å². The van der Waals surface area contributed by atoms with Crippen LogP contribution in [0, 0.1) is 5.82 Å². The molecule has 3 aromatic rings. The van der Waals surface area contributed by atoms with Crippen molar-refractivity contribution in [2.45, 2.75) is 32.2 Å². The molecule has 1 unspecified atom stereocenters. The summed E-state index contributed by atoms with van der Waals surface area (Å²) in [6.45, 7) is 3.85. The normalized spacial score (nSPS) is 14.2. The van der Waals surface area contributed by atoms with Crippen molar-refractivity contribution in [3.8, 4) is 5.69 Å². The fourth-order valence-corrected chi connectivity index (χ4v) is 3.78. The SMILES string of the molecule is CC(CC(=O)Nc1cccc(N2CCCC2)c1)NC(=O)c1ccn(-c2ccc(F)cc2)n1. The largest absolute Gasteiger partial charge is 0.371 e. The van der Waals surface area contributed by atoms with E-state index < -0.39 is 0 Å². The Bertz CT molecular complexity index is 1090. The Balaban J connectivity index is 1.30. The summed E-state index contributed by atoms with van der Waals surface area (Å²) < 4.78 is 14.6. The van der Waals surface area contributed by atoms with Gasteiger partial charge >= 0.3 is 0 Å². The molecule has 1 atom stereocenters. The fourth-order valence-electron chi connectivity index (χ4n) is 3.78. The molecular formula is C24H26FN5O2. The van der Waals surface area contributed by atoms with Gasteiger partial charge in [0.2, 0.25) is 5.91 Å². The number of carbonyl (C=O) groups excluding carboxylic acids is 2. The molecule has 2 amide bonds. The number of nitrogens with zero attached hydrogens (tertiary/aromatic N) is 3. The number of carbonyl (C=O) groups is 2. The highest BCUT2D eigenvalue weighted by atomic mass is 19.1. The zero-order chi connectivity index (χ0) is 22.5. The minimum Gasteiger partial charge on any atom is -0.371 e. The number of anilines is 2. The number of nitrogens with one attached hydrogen (secondary N) is 2. The van der Waals surface area contributed by atoms with Gasteiger partial charge in [-0.25, -0.2) is 9.07 Å².